The van der Waals surface area contributed by atoms with E-state index in [4.69, 9.17) is 4.74 Å². The molecule has 0 radical (unpaired) electrons. The predicted molar refractivity (Wildman–Crippen MR) is 58.3 cm³/mol. The van der Waals surface area contributed by atoms with Gasteiger partial charge < -0.3 is 4.74 Å². The standard InChI is InChI=1S/C12H11NO3/c1-16-7-8-4-2-3-5-9(8)10-6-11(14)13-12(10)15/h2-6H,7H2,1H3,(H,13,14,15). The lowest BCUT2D eigenvalue weighted by Crippen LogP contribution is -2.22. The molecule has 1 aromatic carbocycles. The third-order valence-electron chi connectivity index (χ3n) is 2.36. The molecule has 0 aromatic heterocycles. The summed E-state index contributed by atoms with van der Waals surface area (Å²) in [6, 6.07) is 7.37. The Hall–Kier alpha value is -1.94. The summed E-state index contributed by atoms with van der Waals surface area (Å²) in [4.78, 5) is 22.6. The first kappa shape index (κ1) is 10.6. The van der Waals surface area contributed by atoms with E-state index in [-0.39, 0.29) is 11.8 Å². The lowest BCUT2D eigenvalue weighted by Gasteiger charge is -2.07. The zero-order valence-electron chi connectivity index (χ0n) is 8.82. The fraction of sp³-hybridized carbons (Fsp3) is 0.167. The van der Waals surface area contributed by atoms with E-state index in [1.165, 1.54) is 6.08 Å². The van der Waals surface area contributed by atoms with Gasteiger partial charge in [-0.2, -0.15) is 0 Å². The van der Waals surface area contributed by atoms with Crippen LogP contribution in [0.4, 0.5) is 0 Å². The Bertz CT molecular complexity index is 477. The highest BCUT2D eigenvalue weighted by molar-refractivity contribution is 6.33. The third kappa shape index (κ3) is 1.87. The maximum Gasteiger partial charge on any atom is 0.258 e. The van der Waals surface area contributed by atoms with Gasteiger partial charge >= 0.3 is 0 Å². The molecule has 0 bridgehead atoms. The Morgan fingerprint density at radius 2 is 2.00 bits per heavy atom. The predicted octanol–water partition coefficient (Wildman–Crippen LogP) is 0.873. The molecule has 0 spiro atoms. The van der Waals surface area contributed by atoms with Crippen molar-refractivity contribution in [3.05, 3.63) is 41.5 Å². The van der Waals surface area contributed by atoms with Crippen molar-refractivity contribution in [2.45, 2.75) is 6.61 Å². The van der Waals surface area contributed by atoms with Gasteiger partial charge in [-0.3, -0.25) is 14.9 Å². The van der Waals surface area contributed by atoms with Gasteiger partial charge in [0.2, 0.25) is 0 Å². The van der Waals surface area contributed by atoms with Crippen molar-refractivity contribution >= 4 is 17.4 Å². The van der Waals surface area contributed by atoms with E-state index in [9.17, 15) is 9.59 Å². The van der Waals surface area contributed by atoms with Crippen LogP contribution < -0.4 is 5.32 Å². The molecule has 0 atom stereocenters. The lowest BCUT2D eigenvalue weighted by molar-refractivity contribution is -0.123. The number of hydrogen-bond donors (Lipinski definition) is 1. The van der Waals surface area contributed by atoms with Crippen molar-refractivity contribution in [2.75, 3.05) is 7.11 Å². The monoisotopic (exact) mass is 217 g/mol. The molecule has 0 unspecified atom stereocenters. The molecule has 0 aliphatic carbocycles. The number of methoxy groups -OCH3 is 1. The van der Waals surface area contributed by atoms with Gasteiger partial charge in [-0.25, -0.2) is 0 Å². The maximum absolute atomic E-state index is 11.5. The van der Waals surface area contributed by atoms with Crippen LogP contribution in [0.5, 0.6) is 0 Å². The van der Waals surface area contributed by atoms with Gasteiger partial charge in [0.05, 0.1) is 12.2 Å². The summed E-state index contributed by atoms with van der Waals surface area (Å²) in [6.45, 7) is 0.412. The first-order valence-corrected chi connectivity index (χ1v) is 4.86. The SMILES string of the molecule is COCc1ccccc1C1=CC(=O)NC1=O. The van der Waals surface area contributed by atoms with E-state index in [0.29, 0.717) is 12.2 Å². The largest absolute Gasteiger partial charge is 0.380 e. The van der Waals surface area contributed by atoms with Gasteiger partial charge in [0.1, 0.15) is 0 Å². The summed E-state index contributed by atoms with van der Waals surface area (Å²) >= 11 is 0. The highest BCUT2D eigenvalue weighted by atomic mass is 16.5. The van der Waals surface area contributed by atoms with Crippen LogP contribution in [0.15, 0.2) is 30.3 Å². The fourth-order valence-corrected chi connectivity index (χ4v) is 1.68. The molecule has 0 fully saturated rings. The number of nitrogens with one attached hydrogen (secondary N) is 1. The Labute approximate surface area is 92.9 Å². The number of imide groups is 1. The summed E-state index contributed by atoms with van der Waals surface area (Å²) < 4.78 is 5.05. The molecule has 16 heavy (non-hydrogen) atoms. The minimum atomic E-state index is -0.368. The smallest absolute Gasteiger partial charge is 0.258 e. The van der Waals surface area contributed by atoms with Crippen molar-refractivity contribution in [1.29, 1.82) is 0 Å². The van der Waals surface area contributed by atoms with Gasteiger partial charge in [-0.05, 0) is 11.1 Å². The van der Waals surface area contributed by atoms with Crippen LogP contribution >= 0.6 is 0 Å². The second kappa shape index (κ2) is 4.28. The molecule has 2 rings (SSSR count). The lowest BCUT2D eigenvalue weighted by atomic mass is 10.0. The zero-order valence-corrected chi connectivity index (χ0v) is 8.82. The van der Waals surface area contributed by atoms with Gasteiger partial charge in [-0.15, -0.1) is 0 Å². The highest BCUT2D eigenvalue weighted by Gasteiger charge is 2.23. The number of hydrogen-bond acceptors (Lipinski definition) is 3. The Morgan fingerprint density at radius 1 is 1.25 bits per heavy atom. The van der Waals surface area contributed by atoms with Crippen molar-refractivity contribution in [1.82, 2.24) is 5.32 Å². The molecule has 1 N–H and O–H groups in total. The Kier molecular flexibility index (Phi) is 2.83. The number of carbonyl (C=O) groups is 2. The number of carbonyl (C=O) groups excluding carboxylic acids is 2. The number of rotatable bonds is 3. The van der Waals surface area contributed by atoms with E-state index in [1.54, 1.807) is 13.2 Å². The van der Waals surface area contributed by atoms with Gasteiger partial charge in [0.15, 0.2) is 0 Å². The Morgan fingerprint density at radius 3 is 2.62 bits per heavy atom. The zero-order chi connectivity index (χ0) is 11.5. The van der Waals surface area contributed by atoms with Crippen LogP contribution in [-0.2, 0) is 20.9 Å². The van der Waals surface area contributed by atoms with Crippen LogP contribution in [0.2, 0.25) is 0 Å². The summed E-state index contributed by atoms with van der Waals surface area (Å²) in [5, 5.41) is 2.22. The molecule has 4 heteroatoms. The van der Waals surface area contributed by atoms with Crippen molar-refractivity contribution < 1.29 is 14.3 Å². The normalized spacial score (nSPS) is 14.9. The molecule has 0 saturated carbocycles. The summed E-state index contributed by atoms with van der Waals surface area (Å²) in [6.07, 6.45) is 1.32. The van der Waals surface area contributed by atoms with Crippen LogP contribution in [0.3, 0.4) is 0 Å². The Balaban J connectivity index is 2.44. The van der Waals surface area contributed by atoms with E-state index in [0.717, 1.165) is 11.1 Å². The van der Waals surface area contributed by atoms with Crippen LogP contribution in [0.25, 0.3) is 5.57 Å². The highest BCUT2D eigenvalue weighted by Crippen LogP contribution is 2.22. The fourth-order valence-electron chi connectivity index (χ4n) is 1.68. The van der Waals surface area contributed by atoms with E-state index >= 15 is 0 Å². The van der Waals surface area contributed by atoms with Crippen molar-refractivity contribution in [3.8, 4) is 0 Å². The third-order valence-corrected chi connectivity index (χ3v) is 2.36. The molecule has 82 valence electrons. The van der Waals surface area contributed by atoms with Crippen molar-refractivity contribution in [3.63, 3.8) is 0 Å². The second-order valence-electron chi connectivity index (χ2n) is 3.47. The number of benzene rings is 1. The molecule has 2 amide bonds. The van der Waals surface area contributed by atoms with E-state index in [2.05, 4.69) is 5.32 Å². The molecule has 1 aromatic rings. The number of ether oxygens (including phenoxy) is 1. The van der Waals surface area contributed by atoms with Crippen LogP contribution in [-0.4, -0.2) is 18.9 Å². The first-order valence-electron chi connectivity index (χ1n) is 4.86. The maximum atomic E-state index is 11.5. The van der Waals surface area contributed by atoms with Gasteiger partial charge in [0, 0.05) is 13.2 Å². The van der Waals surface area contributed by atoms with Crippen LogP contribution in [0.1, 0.15) is 11.1 Å². The average Bonchev–Trinajstić information content (AvgIpc) is 2.59. The molecule has 4 nitrogen and oxygen atoms in total. The summed E-state index contributed by atoms with van der Waals surface area (Å²) in [7, 11) is 1.59. The second-order valence-corrected chi connectivity index (χ2v) is 3.47. The summed E-state index contributed by atoms with van der Waals surface area (Å²) in [5.41, 5.74) is 2.03. The topological polar surface area (TPSA) is 55.4 Å². The molecular formula is C12H11NO3. The molecule has 1 aliphatic rings. The molecular weight excluding hydrogens is 206 g/mol. The molecule has 0 saturated heterocycles. The molecule has 1 heterocycles. The molecule has 1 aliphatic heterocycles. The summed E-state index contributed by atoms with van der Waals surface area (Å²) in [5.74, 6) is -0.722. The first-order chi connectivity index (χ1) is 7.72. The van der Waals surface area contributed by atoms with E-state index < -0.39 is 0 Å². The van der Waals surface area contributed by atoms with Gasteiger partial charge in [-0.1, -0.05) is 24.3 Å². The van der Waals surface area contributed by atoms with Crippen molar-refractivity contribution in [2.24, 2.45) is 0 Å². The van der Waals surface area contributed by atoms with Gasteiger partial charge in [0.25, 0.3) is 11.8 Å². The quantitative estimate of drug-likeness (QED) is 0.764. The number of amides is 2. The van der Waals surface area contributed by atoms with E-state index in [1.807, 2.05) is 18.2 Å². The van der Waals surface area contributed by atoms with Crippen LogP contribution in [0, 0.1) is 0 Å². The average molecular weight is 217 g/mol. The minimum absolute atomic E-state index is 0.353. The minimum Gasteiger partial charge on any atom is -0.380 e.